The maximum Gasteiger partial charge on any atom is 0.227 e. The zero-order chi connectivity index (χ0) is 13.8. The molecule has 0 spiro atoms. The number of hydrogen-bond donors (Lipinski definition) is 0. The molecule has 3 rings (SSSR count). The zero-order valence-corrected chi connectivity index (χ0v) is 11.7. The number of aromatic nitrogens is 1. The average Bonchev–Trinajstić information content (AvgIpc) is 2.74. The molecule has 0 radical (unpaired) electrons. The number of benzene rings is 1. The molecule has 1 aromatic heterocycles. The molecule has 0 aliphatic heterocycles. The number of nitrogens with zero attached hydrogens (tertiary/aromatic N) is 1. The van der Waals surface area contributed by atoms with Gasteiger partial charge in [-0.15, -0.1) is 0 Å². The summed E-state index contributed by atoms with van der Waals surface area (Å²) in [5, 5.41) is 0. The van der Waals surface area contributed by atoms with Crippen LogP contribution in [0.5, 0.6) is 0 Å². The Morgan fingerprint density at radius 2 is 1.75 bits per heavy atom. The molecule has 2 aromatic rings. The molecule has 0 saturated heterocycles. The fraction of sp³-hybridized carbons (Fsp3) is 0.333. The lowest BCUT2D eigenvalue weighted by atomic mass is 10.1. The molecule has 1 heterocycles. The van der Waals surface area contributed by atoms with Crippen LogP contribution in [-0.2, 0) is 19.4 Å². The van der Waals surface area contributed by atoms with E-state index in [2.05, 4.69) is 16.7 Å². The molecule has 0 bridgehead atoms. The summed E-state index contributed by atoms with van der Waals surface area (Å²) in [5.74, 6) is 0.188. The highest BCUT2D eigenvalue weighted by molar-refractivity contribution is 5.94. The number of fused-ring (bicyclic) bond motifs is 1. The Balaban J connectivity index is 1.86. The Kier molecular flexibility index (Phi) is 3.91. The van der Waals surface area contributed by atoms with Crippen LogP contribution in [0.25, 0.3) is 0 Å². The Hall–Kier alpha value is -1.96. The first kappa shape index (κ1) is 13.0. The highest BCUT2D eigenvalue weighted by atomic mass is 16.1. The number of carbonyl (C=O) groups is 1. The Labute approximate surface area is 120 Å². The molecule has 2 heteroatoms. The van der Waals surface area contributed by atoms with E-state index in [0.717, 1.165) is 18.4 Å². The topological polar surface area (TPSA) is 20.9 Å². The number of pyridine rings is 1. The molecule has 0 atom stereocenters. The smallest absolute Gasteiger partial charge is 0.227 e. The number of hydrogen-bond acceptors (Lipinski definition) is 1. The van der Waals surface area contributed by atoms with Gasteiger partial charge >= 0.3 is 0 Å². The second-order valence-corrected chi connectivity index (χ2v) is 5.46. The third-order valence-corrected chi connectivity index (χ3v) is 4.05. The van der Waals surface area contributed by atoms with E-state index in [1.807, 2.05) is 36.5 Å². The van der Waals surface area contributed by atoms with E-state index in [1.165, 1.54) is 30.5 Å². The summed E-state index contributed by atoms with van der Waals surface area (Å²) >= 11 is 0. The van der Waals surface area contributed by atoms with Gasteiger partial charge in [0.1, 0.15) is 0 Å². The van der Waals surface area contributed by atoms with Crippen molar-refractivity contribution in [1.82, 2.24) is 0 Å². The van der Waals surface area contributed by atoms with Crippen LogP contribution in [0.3, 0.4) is 0 Å². The van der Waals surface area contributed by atoms with Gasteiger partial charge in [-0.3, -0.25) is 4.79 Å². The largest absolute Gasteiger partial charge is 0.287 e. The van der Waals surface area contributed by atoms with Crippen molar-refractivity contribution in [1.29, 1.82) is 0 Å². The Bertz CT molecular complexity index is 604. The van der Waals surface area contributed by atoms with Crippen LogP contribution in [0.1, 0.15) is 40.9 Å². The van der Waals surface area contributed by atoms with Crippen LogP contribution in [-0.4, -0.2) is 5.78 Å². The van der Waals surface area contributed by atoms with Gasteiger partial charge in [0.05, 0.1) is 0 Å². The molecule has 20 heavy (non-hydrogen) atoms. The first-order valence-electron chi connectivity index (χ1n) is 7.43. The lowest BCUT2D eigenvalue weighted by Crippen LogP contribution is -2.42. The highest BCUT2D eigenvalue weighted by Gasteiger charge is 2.20. The highest BCUT2D eigenvalue weighted by Crippen LogP contribution is 2.17. The van der Waals surface area contributed by atoms with Crippen molar-refractivity contribution in [2.75, 3.05) is 0 Å². The Morgan fingerprint density at radius 3 is 2.60 bits per heavy atom. The number of aryl methyl sites for hydroxylation is 1. The molecule has 0 N–H and O–H groups in total. The van der Waals surface area contributed by atoms with Crippen molar-refractivity contribution in [3.8, 4) is 0 Å². The fourth-order valence-electron chi connectivity index (χ4n) is 2.97. The van der Waals surface area contributed by atoms with E-state index >= 15 is 0 Å². The third kappa shape index (κ3) is 2.79. The van der Waals surface area contributed by atoms with Crippen molar-refractivity contribution < 1.29 is 9.36 Å². The van der Waals surface area contributed by atoms with E-state index < -0.39 is 0 Å². The van der Waals surface area contributed by atoms with Gasteiger partial charge in [0.15, 0.2) is 11.9 Å². The normalized spacial score (nSPS) is 14.4. The van der Waals surface area contributed by atoms with E-state index in [1.54, 1.807) is 0 Å². The number of Topliss-reactive ketones (excluding diaryl/α,β-unsaturated/α-hetero) is 1. The van der Waals surface area contributed by atoms with Crippen molar-refractivity contribution in [2.24, 2.45) is 0 Å². The molecule has 2 nitrogen and oxygen atoms in total. The summed E-state index contributed by atoms with van der Waals surface area (Å²) in [6.07, 6.45) is 8.08. The molecule has 1 aliphatic rings. The number of rotatable bonds is 3. The first-order chi connectivity index (χ1) is 9.84. The van der Waals surface area contributed by atoms with Gasteiger partial charge in [0.2, 0.25) is 12.3 Å². The molecular formula is C18H20NO+. The average molecular weight is 266 g/mol. The van der Waals surface area contributed by atoms with Crippen LogP contribution >= 0.6 is 0 Å². The molecular weight excluding hydrogens is 246 g/mol. The van der Waals surface area contributed by atoms with Crippen LogP contribution in [0.4, 0.5) is 0 Å². The molecule has 0 unspecified atom stereocenters. The third-order valence-electron chi connectivity index (χ3n) is 4.05. The minimum absolute atomic E-state index is 0.188. The summed E-state index contributed by atoms with van der Waals surface area (Å²) in [7, 11) is 0. The second kappa shape index (κ2) is 6.00. The van der Waals surface area contributed by atoms with Crippen molar-refractivity contribution in [2.45, 2.75) is 38.6 Å². The summed E-state index contributed by atoms with van der Waals surface area (Å²) < 4.78 is 2.15. The minimum Gasteiger partial charge on any atom is -0.287 e. The number of carbonyl (C=O) groups excluding carboxylic acids is 1. The van der Waals surface area contributed by atoms with Gasteiger partial charge in [-0.25, -0.2) is 0 Å². The Morgan fingerprint density at radius 1 is 0.950 bits per heavy atom. The predicted molar refractivity (Wildman–Crippen MR) is 78.7 cm³/mol. The van der Waals surface area contributed by atoms with Crippen LogP contribution in [0, 0.1) is 0 Å². The van der Waals surface area contributed by atoms with Gasteiger partial charge in [0.25, 0.3) is 0 Å². The van der Waals surface area contributed by atoms with Crippen molar-refractivity contribution in [3.63, 3.8) is 0 Å². The van der Waals surface area contributed by atoms with E-state index in [9.17, 15) is 4.79 Å². The van der Waals surface area contributed by atoms with Crippen molar-refractivity contribution in [3.05, 3.63) is 65.5 Å². The first-order valence-corrected chi connectivity index (χ1v) is 7.43. The monoisotopic (exact) mass is 266 g/mol. The molecule has 0 amide bonds. The standard InChI is InChI=1S/C18H20NO/c20-18(16-9-4-1-5-10-16)14-19-13-7-11-15-8-3-2-6-12-17(15)19/h1,4-5,7,9-11,13H,2-3,6,8,12,14H2/q+1. The van der Waals surface area contributed by atoms with Gasteiger partial charge < -0.3 is 0 Å². The van der Waals surface area contributed by atoms with Crippen LogP contribution in [0.15, 0.2) is 48.7 Å². The summed E-state index contributed by atoms with van der Waals surface area (Å²) in [5.41, 5.74) is 3.58. The molecule has 0 saturated carbocycles. The SMILES string of the molecule is O=C(C[n+]1cccc2c1CCCCC2)c1ccccc1. The minimum atomic E-state index is 0.188. The van der Waals surface area contributed by atoms with Gasteiger partial charge in [-0.05, 0) is 25.3 Å². The lowest BCUT2D eigenvalue weighted by Gasteiger charge is -2.06. The van der Waals surface area contributed by atoms with Crippen molar-refractivity contribution >= 4 is 5.78 Å². The van der Waals surface area contributed by atoms with E-state index in [0.29, 0.717) is 6.54 Å². The lowest BCUT2D eigenvalue weighted by molar-refractivity contribution is -0.691. The quantitative estimate of drug-likeness (QED) is 0.475. The van der Waals surface area contributed by atoms with E-state index in [4.69, 9.17) is 0 Å². The summed E-state index contributed by atoms with van der Waals surface area (Å²) in [6.45, 7) is 0.452. The predicted octanol–water partition coefficient (Wildman–Crippen LogP) is 3.13. The second-order valence-electron chi connectivity index (χ2n) is 5.46. The molecule has 1 aliphatic carbocycles. The van der Waals surface area contributed by atoms with Crippen LogP contribution < -0.4 is 4.57 Å². The molecule has 0 fully saturated rings. The fourth-order valence-corrected chi connectivity index (χ4v) is 2.97. The van der Waals surface area contributed by atoms with Gasteiger partial charge in [-0.2, -0.15) is 4.57 Å². The van der Waals surface area contributed by atoms with E-state index in [-0.39, 0.29) is 5.78 Å². The maximum absolute atomic E-state index is 12.4. The number of ketones is 1. The van der Waals surface area contributed by atoms with Gasteiger partial charge in [-0.1, -0.05) is 36.8 Å². The summed E-state index contributed by atoms with van der Waals surface area (Å²) in [6, 6.07) is 13.9. The summed E-state index contributed by atoms with van der Waals surface area (Å²) in [4.78, 5) is 12.4. The van der Waals surface area contributed by atoms with Gasteiger partial charge in [0, 0.05) is 23.6 Å². The molecule has 102 valence electrons. The maximum atomic E-state index is 12.4. The zero-order valence-electron chi connectivity index (χ0n) is 11.7. The van der Waals surface area contributed by atoms with Crippen LogP contribution in [0.2, 0.25) is 0 Å². The molecule has 1 aromatic carbocycles.